The molecule has 2 N–H and O–H groups in total. The standard InChI is InChI=1S/C18H30N2O2/c1-5-22-17-7-6-14(18(2,3)4)12-15(17)16(21)13-20-10-8-19-9-11-20/h6-7,12,16,19,21H,5,8-11,13H2,1-4H3. The Morgan fingerprint density at radius 3 is 2.55 bits per heavy atom. The molecule has 0 radical (unpaired) electrons. The van der Waals surface area contributed by atoms with Gasteiger partial charge in [0.15, 0.2) is 0 Å². The maximum Gasteiger partial charge on any atom is 0.125 e. The summed E-state index contributed by atoms with van der Waals surface area (Å²) in [5.41, 5.74) is 2.20. The molecule has 2 rings (SSSR count). The second kappa shape index (κ2) is 7.44. The predicted octanol–water partition coefficient (Wildman–Crippen LogP) is 2.32. The Balaban J connectivity index is 2.20. The van der Waals surface area contributed by atoms with Crippen LogP contribution >= 0.6 is 0 Å². The van der Waals surface area contributed by atoms with Gasteiger partial charge in [-0.1, -0.05) is 26.8 Å². The fourth-order valence-electron chi connectivity index (χ4n) is 2.80. The third-order valence-corrected chi connectivity index (χ3v) is 4.18. The number of hydrogen-bond donors (Lipinski definition) is 2. The van der Waals surface area contributed by atoms with Gasteiger partial charge in [-0.2, -0.15) is 0 Å². The molecule has 0 amide bonds. The topological polar surface area (TPSA) is 44.7 Å². The van der Waals surface area contributed by atoms with Crippen molar-refractivity contribution in [3.05, 3.63) is 29.3 Å². The van der Waals surface area contributed by atoms with Gasteiger partial charge in [0, 0.05) is 38.3 Å². The number of benzene rings is 1. The van der Waals surface area contributed by atoms with Gasteiger partial charge in [-0.05, 0) is 30.0 Å². The van der Waals surface area contributed by atoms with Gasteiger partial charge in [0.25, 0.3) is 0 Å². The van der Waals surface area contributed by atoms with Crippen LogP contribution < -0.4 is 10.1 Å². The molecule has 1 atom stereocenters. The summed E-state index contributed by atoms with van der Waals surface area (Å²) in [5.74, 6) is 0.804. The summed E-state index contributed by atoms with van der Waals surface area (Å²) in [4.78, 5) is 2.31. The summed E-state index contributed by atoms with van der Waals surface area (Å²) in [7, 11) is 0. The average Bonchev–Trinajstić information content (AvgIpc) is 2.47. The molecule has 1 aliphatic heterocycles. The second-order valence-electron chi connectivity index (χ2n) is 7.00. The van der Waals surface area contributed by atoms with Crippen LogP contribution in [-0.4, -0.2) is 49.3 Å². The number of nitrogens with one attached hydrogen (secondary N) is 1. The number of nitrogens with zero attached hydrogens (tertiary/aromatic N) is 1. The molecule has 0 aromatic heterocycles. The second-order valence-corrected chi connectivity index (χ2v) is 7.00. The molecule has 0 bridgehead atoms. The Morgan fingerprint density at radius 2 is 1.95 bits per heavy atom. The van der Waals surface area contributed by atoms with E-state index in [4.69, 9.17) is 4.74 Å². The molecule has 1 aromatic carbocycles. The van der Waals surface area contributed by atoms with Gasteiger partial charge in [-0.25, -0.2) is 0 Å². The van der Waals surface area contributed by atoms with E-state index in [1.54, 1.807) is 0 Å². The fourth-order valence-corrected chi connectivity index (χ4v) is 2.80. The van der Waals surface area contributed by atoms with E-state index in [1.165, 1.54) is 5.56 Å². The van der Waals surface area contributed by atoms with Gasteiger partial charge < -0.3 is 15.2 Å². The summed E-state index contributed by atoms with van der Waals surface area (Å²) in [5, 5.41) is 14.1. The van der Waals surface area contributed by atoms with E-state index in [9.17, 15) is 5.11 Å². The van der Waals surface area contributed by atoms with Crippen LogP contribution in [0.1, 0.15) is 44.9 Å². The number of β-amino-alcohol motifs (C(OH)–C–C–N with tert-alkyl or cyclic N) is 1. The van der Waals surface area contributed by atoms with E-state index in [0.717, 1.165) is 37.5 Å². The van der Waals surface area contributed by atoms with E-state index >= 15 is 0 Å². The molecule has 0 aliphatic carbocycles. The Labute approximate surface area is 134 Å². The van der Waals surface area contributed by atoms with Crippen molar-refractivity contribution in [1.29, 1.82) is 0 Å². The fraction of sp³-hybridized carbons (Fsp3) is 0.667. The molecule has 1 aliphatic rings. The molecule has 124 valence electrons. The van der Waals surface area contributed by atoms with Crippen molar-refractivity contribution in [2.24, 2.45) is 0 Å². The van der Waals surface area contributed by atoms with Crippen LogP contribution in [0.4, 0.5) is 0 Å². The predicted molar refractivity (Wildman–Crippen MR) is 90.6 cm³/mol. The largest absolute Gasteiger partial charge is 0.493 e. The summed E-state index contributed by atoms with van der Waals surface area (Å²) >= 11 is 0. The molecule has 0 saturated carbocycles. The SMILES string of the molecule is CCOc1ccc(C(C)(C)C)cc1C(O)CN1CCNCC1. The van der Waals surface area contributed by atoms with Crippen LogP contribution in [0.3, 0.4) is 0 Å². The lowest BCUT2D eigenvalue weighted by atomic mass is 9.85. The van der Waals surface area contributed by atoms with E-state index in [0.29, 0.717) is 13.2 Å². The maximum absolute atomic E-state index is 10.7. The Morgan fingerprint density at radius 1 is 1.27 bits per heavy atom. The summed E-state index contributed by atoms with van der Waals surface area (Å²) < 4.78 is 5.72. The lowest BCUT2D eigenvalue weighted by Gasteiger charge is -2.30. The molecular weight excluding hydrogens is 276 g/mol. The van der Waals surface area contributed by atoms with Gasteiger partial charge in [-0.3, -0.25) is 4.90 Å². The van der Waals surface area contributed by atoms with Gasteiger partial charge >= 0.3 is 0 Å². The highest BCUT2D eigenvalue weighted by Gasteiger charge is 2.22. The molecule has 4 nitrogen and oxygen atoms in total. The summed E-state index contributed by atoms with van der Waals surface area (Å²) in [6, 6.07) is 6.21. The quantitative estimate of drug-likeness (QED) is 0.876. The summed E-state index contributed by atoms with van der Waals surface area (Å²) in [6.07, 6.45) is -0.512. The normalized spacial score (nSPS) is 18.2. The zero-order valence-corrected chi connectivity index (χ0v) is 14.4. The molecule has 1 aromatic rings. The molecule has 1 fully saturated rings. The highest BCUT2D eigenvalue weighted by molar-refractivity contribution is 5.41. The van der Waals surface area contributed by atoms with E-state index in [-0.39, 0.29) is 5.41 Å². The van der Waals surface area contributed by atoms with Crippen LogP contribution in [0.15, 0.2) is 18.2 Å². The van der Waals surface area contributed by atoms with Gasteiger partial charge in [-0.15, -0.1) is 0 Å². The minimum Gasteiger partial charge on any atom is -0.493 e. The molecule has 4 heteroatoms. The number of ether oxygens (including phenoxy) is 1. The van der Waals surface area contributed by atoms with Crippen LogP contribution in [0.25, 0.3) is 0 Å². The van der Waals surface area contributed by atoms with Crippen molar-refractivity contribution < 1.29 is 9.84 Å². The molecule has 1 saturated heterocycles. The lowest BCUT2D eigenvalue weighted by molar-refractivity contribution is 0.103. The van der Waals surface area contributed by atoms with Gasteiger partial charge in [0.05, 0.1) is 12.7 Å². The highest BCUT2D eigenvalue weighted by atomic mass is 16.5. The van der Waals surface area contributed by atoms with E-state index < -0.39 is 6.10 Å². The molecule has 22 heavy (non-hydrogen) atoms. The van der Waals surface area contributed by atoms with E-state index in [1.807, 2.05) is 13.0 Å². The Kier molecular flexibility index (Phi) is 5.84. The highest BCUT2D eigenvalue weighted by Crippen LogP contribution is 2.32. The van der Waals surface area contributed by atoms with E-state index in [2.05, 4.69) is 43.1 Å². The van der Waals surface area contributed by atoms with Gasteiger partial charge in [0.1, 0.15) is 5.75 Å². The third-order valence-electron chi connectivity index (χ3n) is 4.18. The van der Waals surface area contributed by atoms with Crippen molar-refractivity contribution in [2.45, 2.75) is 39.2 Å². The Hall–Kier alpha value is -1.10. The van der Waals surface area contributed by atoms with Crippen LogP contribution in [0.5, 0.6) is 5.75 Å². The van der Waals surface area contributed by atoms with Crippen molar-refractivity contribution in [1.82, 2.24) is 10.2 Å². The average molecular weight is 306 g/mol. The van der Waals surface area contributed by atoms with Crippen LogP contribution in [0, 0.1) is 0 Å². The maximum atomic E-state index is 10.7. The molecule has 1 unspecified atom stereocenters. The summed E-state index contributed by atoms with van der Waals surface area (Å²) in [6.45, 7) is 13.8. The minimum atomic E-state index is -0.512. The van der Waals surface area contributed by atoms with Crippen molar-refractivity contribution in [3.8, 4) is 5.75 Å². The molecule has 1 heterocycles. The smallest absolute Gasteiger partial charge is 0.125 e. The number of rotatable bonds is 5. The van der Waals surface area contributed by atoms with Crippen molar-refractivity contribution in [3.63, 3.8) is 0 Å². The van der Waals surface area contributed by atoms with Crippen LogP contribution in [-0.2, 0) is 5.41 Å². The number of aliphatic hydroxyl groups is 1. The number of hydrogen-bond acceptors (Lipinski definition) is 4. The van der Waals surface area contributed by atoms with Crippen molar-refractivity contribution in [2.75, 3.05) is 39.3 Å². The zero-order chi connectivity index (χ0) is 16.2. The number of aliphatic hydroxyl groups excluding tert-OH is 1. The first-order valence-electron chi connectivity index (χ1n) is 8.30. The molecule has 0 spiro atoms. The third kappa shape index (κ3) is 4.45. The van der Waals surface area contributed by atoms with Crippen LogP contribution in [0.2, 0.25) is 0 Å². The Bertz CT molecular complexity index is 476. The lowest BCUT2D eigenvalue weighted by Crippen LogP contribution is -2.45. The first kappa shape index (κ1) is 17.3. The zero-order valence-electron chi connectivity index (χ0n) is 14.4. The first-order valence-corrected chi connectivity index (χ1v) is 8.30. The monoisotopic (exact) mass is 306 g/mol. The minimum absolute atomic E-state index is 0.0637. The van der Waals surface area contributed by atoms with Crippen molar-refractivity contribution >= 4 is 0 Å². The number of piperazine rings is 1. The van der Waals surface area contributed by atoms with Gasteiger partial charge in [0.2, 0.25) is 0 Å². The first-order chi connectivity index (χ1) is 10.4. The molecular formula is C18H30N2O2.